The third-order valence-electron chi connectivity index (χ3n) is 5.96. The molecule has 0 aliphatic carbocycles. The fraction of sp³-hybridized carbons (Fsp3) is 0.417. The van der Waals surface area contributed by atoms with Gasteiger partial charge >= 0.3 is 0 Å². The Bertz CT molecular complexity index is 1160. The van der Waals surface area contributed by atoms with Crippen LogP contribution in [-0.4, -0.2) is 38.7 Å². The summed E-state index contributed by atoms with van der Waals surface area (Å²) in [5.74, 6) is -0.0820. The molecule has 4 heterocycles. The number of halogens is 1. The van der Waals surface area contributed by atoms with Gasteiger partial charge in [-0.25, -0.2) is 4.39 Å². The van der Waals surface area contributed by atoms with E-state index in [1.165, 1.54) is 6.07 Å². The van der Waals surface area contributed by atoms with Crippen LogP contribution in [-0.2, 0) is 24.2 Å². The molecule has 0 spiro atoms. The molecule has 32 heavy (non-hydrogen) atoms. The average Bonchev–Trinajstić information content (AvgIpc) is 3.17. The number of fused-ring (bicyclic) bond motifs is 1. The number of amides is 1. The van der Waals surface area contributed by atoms with Gasteiger partial charge in [-0.1, -0.05) is 13.8 Å². The highest BCUT2D eigenvalue weighted by molar-refractivity contribution is 6.04. The van der Waals surface area contributed by atoms with Crippen molar-refractivity contribution in [2.45, 2.75) is 53.1 Å². The zero-order chi connectivity index (χ0) is 23.0. The number of anilines is 2. The Morgan fingerprint density at radius 1 is 1.12 bits per heavy atom. The smallest absolute Gasteiger partial charge is 0.247 e. The SMILES string of the molecule is Cc1ncc(Cn2cc(CCc3cc4c(c(C)n3)NC(=O)[C@H](C(C)C)N4C)cn2)cc1F. The maximum Gasteiger partial charge on any atom is 0.247 e. The van der Waals surface area contributed by atoms with Gasteiger partial charge in [0.1, 0.15) is 11.9 Å². The molecule has 1 aliphatic heterocycles. The number of rotatable bonds is 6. The van der Waals surface area contributed by atoms with Crippen LogP contribution < -0.4 is 10.2 Å². The molecule has 1 amide bonds. The lowest BCUT2D eigenvalue weighted by Crippen LogP contribution is -2.49. The summed E-state index contributed by atoms with van der Waals surface area (Å²) in [6.07, 6.45) is 7.04. The van der Waals surface area contributed by atoms with Gasteiger partial charge in [0.25, 0.3) is 0 Å². The molecule has 1 atom stereocenters. The van der Waals surface area contributed by atoms with Gasteiger partial charge in [-0.05, 0) is 55.9 Å². The second kappa shape index (κ2) is 8.68. The second-order valence-corrected chi connectivity index (χ2v) is 8.84. The quantitative estimate of drug-likeness (QED) is 0.638. The van der Waals surface area contributed by atoms with Crippen LogP contribution in [0.3, 0.4) is 0 Å². The van der Waals surface area contributed by atoms with Crippen LogP contribution in [0.25, 0.3) is 0 Å². The molecular formula is C24H29FN6O. The van der Waals surface area contributed by atoms with Crippen molar-refractivity contribution in [3.63, 3.8) is 0 Å². The monoisotopic (exact) mass is 436 g/mol. The van der Waals surface area contributed by atoms with Crippen molar-refractivity contribution >= 4 is 17.3 Å². The third kappa shape index (κ3) is 4.35. The minimum atomic E-state index is -0.301. The van der Waals surface area contributed by atoms with E-state index in [0.717, 1.165) is 46.7 Å². The molecule has 4 rings (SSSR count). The molecule has 0 radical (unpaired) electrons. The van der Waals surface area contributed by atoms with Crippen molar-refractivity contribution < 1.29 is 9.18 Å². The highest BCUT2D eigenvalue weighted by Gasteiger charge is 2.34. The topological polar surface area (TPSA) is 75.9 Å². The van der Waals surface area contributed by atoms with Gasteiger partial charge in [-0.15, -0.1) is 0 Å². The first-order valence-electron chi connectivity index (χ1n) is 10.9. The van der Waals surface area contributed by atoms with Crippen molar-refractivity contribution in [1.82, 2.24) is 19.7 Å². The van der Waals surface area contributed by atoms with Crippen LogP contribution in [0.15, 0.2) is 30.7 Å². The Hall–Kier alpha value is -3.29. The molecule has 8 heteroatoms. The van der Waals surface area contributed by atoms with Crippen LogP contribution in [0, 0.1) is 25.6 Å². The van der Waals surface area contributed by atoms with Gasteiger partial charge in [-0.3, -0.25) is 19.4 Å². The van der Waals surface area contributed by atoms with Crippen molar-refractivity contribution in [3.8, 4) is 0 Å². The van der Waals surface area contributed by atoms with Crippen molar-refractivity contribution in [2.24, 2.45) is 5.92 Å². The van der Waals surface area contributed by atoms with E-state index >= 15 is 0 Å². The van der Waals surface area contributed by atoms with E-state index < -0.39 is 0 Å². The van der Waals surface area contributed by atoms with E-state index in [1.54, 1.807) is 17.8 Å². The fourth-order valence-corrected chi connectivity index (χ4v) is 4.27. The lowest BCUT2D eigenvalue weighted by molar-refractivity contribution is -0.118. The summed E-state index contributed by atoms with van der Waals surface area (Å²) < 4.78 is 15.5. The summed E-state index contributed by atoms with van der Waals surface area (Å²) in [5, 5.41) is 7.44. The van der Waals surface area contributed by atoms with E-state index in [9.17, 15) is 9.18 Å². The number of hydrogen-bond donors (Lipinski definition) is 1. The lowest BCUT2D eigenvalue weighted by atomic mass is 9.97. The molecule has 0 fully saturated rings. The molecule has 0 saturated heterocycles. The molecule has 1 N–H and O–H groups in total. The predicted molar refractivity (Wildman–Crippen MR) is 122 cm³/mol. The molecule has 0 unspecified atom stereocenters. The van der Waals surface area contributed by atoms with Gasteiger partial charge in [-0.2, -0.15) is 5.10 Å². The van der Waals surface area contributed by atoms with E-state index in [0.29, 0.717) is 12.2 Å². The molecule has 1 aliphatic rings. The summed E-state index contributed by atoms with van der Waals surface area (Å²) >= 11 is 0. The lowest BCUT2D eigenvalue weighted by Gasteiger charge is -2.38. The Labute approximate surface area is 187 Å². The summed E-state index contributed by atoms with van der Waals surface area (Å²) in [5.41, 5.74) is 5.87. The molecule has 3 aromatic heterocycles. The van der Waals surface area contributed by atoms with Crippen LogP contribution >= 0.6 is 0 Å². The van der Waals surface area contributed by atoms with Crippen LogP contribution in [0.2, 0.25) is 0 Å². The minimum absolute atomic E-state index is 0.0173. The first-order valence-corrected chi connectivity index (χ1v) is 10.9. The molecule has 0 aromatic carbocycles. The predicted octanol–water partition coefficient (Wildman–Crippen LogP) is 3.68. The normalized spacial score (nSPS) is 15.8. The standard InChI is InChI=1S/C24H29FN6O/c1-14(2)23-24(32)29-22-16(4)28-19(9-21(22)30(23)5)7-6-17-11-27-31(12-17)13-18-8-20(25)15(3)26-10-18/h8-12,14,23H,6-7,13H2,1-5H3,(H,29,32)/t23-/m0/s1. The Kier molecular flexibility index (Phi) is 5.95. The number of hydrogen-bond acceptors (Lipinski definition) is 5. The number of aromatic nitrogens is 4. The number of aryl methyl sites for hydroxylation is 4. The van der Waals surface area contributed by atoms with Crippen molar-refractivity contribution in [1.29, 1.82) is 0 Å². The molecular weight excluding hydrogens is 407 g/mol. The summed E-state index contributed by atoms with van der Waals surface area (Å²) in [6.45, 7) is 8.16. The Balaban J connectivity index is 1.46. The Morgan fingerprint density at radius 3 is 2.62 bits per heavy atom. The van der Waals surface area contributed by atoms with Crippen molar-refractivity contribution in [3.05, 3.63) is 64.7 Å². The van der Waals surface area contributed by atoms with E-state index in [2.05, 4.69) is 40.2 Å². The maximum atomic E-state index is 13.7. The first-order chi connectivity index (χ1) is 15.2. The molecule has 168 valence electrons. The summed E-state index contributed by atoms with van der Waals surface area (Å²) in [6, 6.07) is 3.38. The number of nitrogens with zero attached hydrogens (tertiary/aromatic N) is 5. The average molecular weight is 437 g/mol. The van der Waals surface area contributed by atoms with Gasteiger partial charge in [0, 0.05) is 25.1 Å². The van der Waals surface area contributed by atoms with Crippen molar-refractivity contribution in [2.75, 3.05) is 17.3 Å². The van der Waals surface area contributed by atoms with E-state index in [-0.39, 0.29) is 23.7 Å². The number of carbonyl (C=O) groups excluding carboxylic acids is 1. The molecule has 7 nitrogen and oxygen atoms in total. The number of carbonyl (C=O) groups is 1. The van der Waals surface area contributed by atoms with Gasteiger partial charge in [0.2, 0.25) is 5.91 Å². The molecule has 0 bridgehead atoms. The number of nitrogens with one attached hydrogen (secondary N) is 1. The van der Waals surface area contributed by atoms with Gasteiger partial charge < -0.3 is 10.2 Å². The fourth-order valence-electron chi connectivity index (χ4n) is 4.27. The highest BCUT2D eigenvalue weighted by atomic mass is 19.1. The number of likely N-dealkylation sites (N-methyl/N-ethyl adjacent to an activating group) is 1. The number of pyridine rings is 2. The van der Waals surface area contributed by atoms with E-state index in [1.807, 2.05) is 26.4 Å². The Morgan fingerprint density at radius 2 is 1.91 bits per heavy atom. The highest BCUT2D eigenvalue weighted by Crippen LogP contribution is 2.35. The zero-order valence-electron chi connectivity index (χ0n) is 19.2. The molecule has 3 aromatic rings. The second-order valence-electron chi connectivity index (χ2n) is 8.84. The minimum Gasteiger partial charge on any atom is -0.361 e. The largest absolute Gasteiger partial charge is 0.361 e. The maximum absolute atomic E-state index is 13.7. The first kappa shape index (κ1) is 21.9. The van der Waals surface area contributed by atoms with Gasteiger partial charge in [0.15, 0.2) is 0 Å². The summed E-state index contributed by atoms with van der Waals surface area (Å²) in [7, 11) is 1.97. The van der Waals surface area contributed by atoms with Crippen LogP contribution in [0.1, 0.15) is 42.1 Å². The zero-order valence-corrected chi connectivity index (χ0v) is 19.2. The van der Waals surface area contributed by atoms with Gasteiger partial charge in [0.05, 0.1) is 35.5 Å². The van der Waals surface area contributed by atoms with Crippen LogP contribution in [0.5, 0.6) is 0 Å². The third-order valence-corrected chi connectivity index (χ3v) is 5.96. The van der Waals surface area contributed by atoms with Crippen LogP contribution in [0.4, 0.5) is 15.8 Å². The summed E-state index contributed by atoms with van der Waals surface area (Å²) in [4.78, 5) is 23.4. The molecule has 0 saturated carbocycles. The van der Waals surface area contributed by atoms with E-state index in [4.69, 9.17) is 4.98 Å².